The first kappa shape index (κ1) is 15.0. The second-order valence-corrected chi connectivity index (χ2v) is 5.56. The predicted molar refractivity (Wildman–Crippen MR) is 78.0 cm³/mol. The SMILES string of the molecule is CC(Sc1nncn1C)C(=O)Nc1ccccc1[N+](=O)[O-]. The topological polar surface area (TPSA) is 103 Å². The van der Waals surface area contributed by atoms with Crippen LogP contribution in [0.15, 0.2) is 35.7 Å². The number of para-hydroxylation sites is 2. The van der Waals surface area contributed by atoms with Crippen LogP contribution in [0.1, 0.15) is 6.92 Å². The van der Waals surface area contributed by atoms with Crippen molar-refractivity contribution in [1.29, 1.82) is 0 Å². The second kappa shape index (κ2) is 6.35. The third kappa shape index (κ3) is 3.57. The quantitative estimate of drug-likeness (QED) is 0.513. The van der Waals surface area contributed by atoms with E-state index in [2.05, 4.69) is 15.5 Å². The molecule has 2 rings (SSSR count). The predicted octanol–water partition coefficient (Wildman–Crippen LogP) is 1.84. The molecule has 0 spiro atoms. The number of nitrogens with one attached hydrogen (secondary N) is 1. The van der Waals surface area contributed by atoms with Gasteiger partial charge in [0.25, 0.3) is 5.69 Å². The molecule has 1 aromatic heterocycles. The summed E-state index contributed by atoms with van der Waals surface area (Å²) in [5, 5.41) is 21.2. The van der Waals surface area contributed by atoms with Crippen LogP contribution < -0.4 is 5.32 Å². The number of hydrogen-bond donors (Lipinski definition) is 1. The maximum absolute atomic E-state index is 12.1. The van der Waals surface area contributed by atoms with Crippen LogP contribution in [0.5, 0.6) is 0 Å². The van der Waals surface area contributed by atoms with E-state index in [4.69, 9.17) is 0 Å². The number of anilines is 1. The maximum atomic E-state index is 12.1. The number of nitro groups is 1. The molecule has 1 N–H and O–H groups in total. The van der Waals surface area contributed by atoms with Crippen LogP contribution in [-0.2, 0) is 11.8 Å². The van der Waals surface area contributed by atoms with E-state index in [-0.39, 0.29) is 17.3 Å². The molecule has 0 saturated carbocycles. The van der Waals surface area contributed by atoms with Gasteiger partial charge in [-0.3, -0.25) is 14.9 Å². The number of amides is 1. The average molecular weight is 307 g/mol. The number of nitro benzene ring substituents is 1. The van der Waals surface area contributed by atoms with Crippen molar-refractivity contribution in [2.75, 3.05) is 5.32 Å². The highest BCUT2D eigenvalue weighted by atomic mass is 32.2. The molecule has 2 aromatic rings. The first-order valence-corrected chi connectivity index (χ1v) is 6.92. The van der Waals surface area contributed by atoms with Crippen molar-refractivity contribution >= 4 is 29.0 Å². The minimum Gasteiger partial charge on any atom is -0.319 e. The molecule has 0 radical (unpaired) electrons. The Balaban J connectivity index is 2.08. The third-order valence-corrected chi connectivity index (χ3v) is 3.83. The molecule has 0 aliphatic carbocycles. The zero-order chi connectivity index (χ0) is 15.4. The van der Waals surface area contributed by atoms with Gasteiger partial charge in [0.05, 0.1) is 10.2 Å². The van der Waals surface area contributed by atoms with Crippen LogP contribution in [0, 0.1) is 10.1 Å². The summed E-state index contributed by atoms with van der Waals surface area (Å²) in [6.07, 6.45) is 1.54. The van der Waals surface area contributed by atoms with Crippen molar-refractivity contribution in [2.24, 2.45) is 7.05 Å². The van der Waals surface area contributed by atoms with Gasteiger partial charge >= 0.3 is 0 Å². The molecule has 0 bridgehead atoms. The van der Waals surface area contributed by atoms with Gasteiger partial charge in [-0.05, 0) is 13.0 Å². The van der Waals surface area contributed by atoms with Crippen molar-refractivity contribution in [3.8, 4) is 0 Å². The zero-order valence-electron chi connectivity index (χ0n) is 11.4. The highest BCUT2D eigenvalue weighted by Gasteiger charge is 2.20. The highest BCUT2D eigenvalue weighted by Crippen LogP contribution is 2.26. The summed E-state index contributed by atoms with van der Waals surface area (Å²) in [6, 6.07) is 6.01. The standard InChI is InChI=1S/C12H13N5O3S/c1-8(21-12-15-13-7-16(12)2)11(18)14-9-5-3-4-6-10(9)17(19)20/h3-8H,1-2H3,(H,14,18). The number of benzene rings is 1. The molecule has 0 aliphatic rings. The summed E-state index contributed by atoms with van der Waals surface area (Å²) in [5.74, 6) is -0.336. The highest BCUT2D eigenvalue weighted by molar-refractivity contribution is 8.00. The van der Waals surface area contributed by atoms with Crippen molar-refractivity contribution < 1.29 is 9.72 Å². The van der Waals surface area contributed by atoms with Gasteiger partial charge in [0.15, 0.2) is 5.16 Å². The van der Waals surface area contributed by atoms with E-state index in [1.54, 1.807) is 30.7 Å². The number of aromatic nitrogens is 3. The Kier molecular flexibility index (Phi) is 4.53. The van der Waals surface area contributed by atoms with Crippen molar-refractivity contribution in [3.05, 3.63) is 40.7 Å². The van der Waals surface area contributed by atoms with Crippen LogP contribution in [0.25, 0.3) is 0 Å². The fourth-order valence-corrected chi connectivity index (χ4v) is 2.35. The lowest BCUT2D eigenvalue weighted by Gasteiger charge is -2.11. The van der Waals surface area contributed by atoms with E-state index in [0.717, 1.165) is 0 Å². The van der Waals surface area contributed by atoms with Gasteiger partial charge in [-0.2, -0.15) is 0 Å². The molecule has 0 saturated heterocycles. The van der Waals surface area contributed by atoms with Gasteiger partial charge in [0, 0.05) is 13.1 Å². The number of thioether (sulfide) groups is 1. The Morgan fingerprint density at radius 2 is 2.19 bits per heavy atom. The van der Waals surface area contributed by atoms with E-state index >= 15 is 0 Å². The number of carbonyl (C=O) groups is 1. The number of aryl methyl sites for hydroxylation is 1. The van der Waals surface area contributed by atoms with Crippen molar-refractivity contribution in [2.45, 2.75) is 17.3 Å². The normalized spacial score (nSPS) is 11.9. The van der Waals surface area contributed by atoms with Crippen LogP contribution in [0.4, 0.5) is 11.4 Å². The van der Waals surface area contributed by atoms with E-state index in [9.17, 15) is 14.9 Å². The number of rotatable bonds is 5. The van der Waals surface area contributed by atoms with Gasteiger partial charge < -0.3 is 9.88 Å². The van der Waals surface area contributed by atoms with Crippen molar-refractivity contribution in [1.82, 2.24) is 14.8 Å². The van der Waals surface area contributed by atoms with Gasteiger partial charge in [-0.1, -0.05) is 23.9 Å². The molecule has 0 aliphatic heterocycles. The summed E-state index contributed by atoms with van der Waals surface area (Å²) in [7, 11) is 1.77. The fourth-order valence-electron chi connectivity index (χ4n) is 1.56. The van der Waals surface area contributed by atoms with Crippen LogP contribution in [0.3, 0.4) is 0 Å². The molecule has 1 atom stereocenters. The van der Waals surface area contributed by atoms with E-state index in [0.29, 0.717) is 5.16 Å². The minimum absolute atomic E-state index is 0.137. The molecular formula is C12H13N5O3S. The maximum Gasteiger partial charge on any atom is 0.292 e. The van der Waals surface area contributed by atoms with E-state index < -0.39 is 10.2 Å². The summed E-state index contributed by atoms with van der Waals surface area (Å²) in [6.45, 7) is 1.70. The molecule has 1 unspecified atom stereocenters. The largest absolute Gasteiger partial charge is 0.319 e. The average Bonchev–Trinajstić information content (AvgIpc) is 2.84. The zero-order valence-corrected chi connectivity index (χ0v) is 12.2. The molecule has 0 fully saturated rings. The molecule has 8 nitrogen and oxygen atoms in total. The summed E-state index contributed by atoms with van der Waals surface area (Å²) < 4.78 is 1.69. The second-order valence-electron chi connectivity index (χ2n) is 4.25. The Morgan fingerprint density at radius 3 is 2.81 bits per heavy atom. The monoisotopic (exact) mass is 307 g/mol. The molecule has 9 heteroatoms. The number of hydrogen-bond acceptors (Lipinski definition) is 6. The first-order chi connectivity index (χ1) is 9.99. The Labute approximate surface area is 124 Å². The fraction of sp³-hybridized carbons (Fsp3) is 0.250. The summed E-state index contributed by atoms with van der Waals surface area (Å²) >= 11 is 1.23. The Morgan fingerprint density at radius 1 is 1.48 bits per heavy atom. The van der Waals surface area contributed by atoms with E-state index in [1.165, 1.54) is 30.2 Å². The van der Waals surface area contributed by atoms with Gasteiger partial charge in [0.2, 0.25) is 5.91 Å². The summed E-state index contributed by atoms with van der Waals surface area (Å²) in [4.78, 5) is 22.5. The molecule has 1 amide bonds. The lowest BCUT2D eigenvalue weighted by Crippen LogP contribution is -2.23. The smallest absolute Gasteiger partial charge is 0.292 e. The van der Waals surface area contributed by atoms with Crippen LogP contribution in [-0.4, -0.2) is 30.8 Å². The molecule has 110 valence electrons. The van der Waals surface area contributed by atoms with Crippen LogP contribution >= 0.6 is 11.8 Å². The molecular weight excluding hydrogens is 294 g/mol. The van der Waals surface area contributed by atoms with Gasteiger partial charge in [-0.25, -0.2) is 0 Å². The minimum atomic E-state index is -0.532. The van der Waals surface area contributed by atoms with Crippen molar-refractivity contribution in [3.63, 3.8) is 0 Å². The number of carbonyl (C=O) groups excluding carboxylic acids is 1. The third-order valence-electron chi connectivity index (χ3n) is 2.68. The first-order valence-electron chi connectivity index (χ1n) is 6.04. The van der Waals surface area contributed by atoms with Crippen LogP contribution in [0.2, 0.25) is 0 Å². The van der Waals surface area contributed by atoms with Gasteiger partial charge in [-0.15, -0.1) is 10.2 Å². The lowest BCUT2D eigenvalue weighted by atomic mass is 10.2. The molecule has 1 aromatic carbocycles. The molecule has 1 heterocycles. The van der Waals surface area contributed by atoms with E-state index in [1.807, 2.05) is 0 Å². The summed E-state index contributed by atoms with van der Waals surface area (Å²) in [5.41, 5.74) is 0.0413. The van der Waals surface area contributed by atoms with Gasteiger partial charge in [0.1, 0.15) is 12.0 Å². The number of nitrogens with zero attached hydrogens (tertiary/aromatic N) is 4. The lowest BCUT2D eigenvalue weighted by molar-refractivity contribution is -0.383. The molecule has 21 heavy (non-hydrogen) atoms. The Hall–Kier alpha value is -2.42. The Bertz CT molecular complexity index is 672.